The zero-order chi connectivity index (χ0) is 22.2. The molecule has 162 valence electrons. The molecule has 15 heteroatoms. The van der Waals surface area contributed by atoms with Crippen LogP contribution >= 0.6 is 35.1 Å². The van der Waals surface area contributed by atoms with E-state index in [4.69, 9.17) is 22.4 Å². The maximum absolute atomic E-state index is 12.8. The molecule has 0 aromatic carbocycles. The highest BCUT2D eigenvalue weighted by molar-refractivity contribution is 8.03. The van der Waals surface area contributed by atoms with Crippen molar-refractivity contribution in [3.05, 3.63) is 11.3 Å². The Kier molecular flexibility index (Phi) is 6.31. The molecule has 2 amide bonds. The average molecular weight is 478 g/mol. The predicted molar refractivity (Wildman–Crippen MR) is 109 cm³/mol. The number of nitrogens with two attached hydrogens (primary N) is 1. The van der Waals surface area contributed by atoms with Gasteiger partial charge in [-0.25, -0.2) is 9.59 Å². The van der Waals surface area contributed by atoms with Gasteiger partial charge in [-0.15, -0.1) is 11.8 Å². The van der Waals surface area contributed by atoms with Gasteiger partial charge in [0, 0.05) is 5.75 Å². The molecule has 0 radical (unpaired) electrons. The number of amides is 2. The fourth-order valence-corrected chi connectivity index (χ4v) is 5.20. The molecule has 1 saturated heterocycles. The summed E-state index contributed by atoms with van der Waals surface area (Å²) in [5.74, 6) is -3.54. The lowest BCUT2D eigenvalue weighted by Crippen LogP contribution is -2.71. The van der Waals surface area contributed by atoms with Crippen LogP contribution < -0.4 is 11.1 Å². The number of carbonyl (C=O) groups excluding carboxylic acids is 2. The topological polar surface area (TPSA) is 184 Å². The Morgan fingerprint density at radius 2 is 2.17 bits per heavy atom. The molecule has 12 nitrogen and oxygen atoms in total. The van der Waals surface area contributed by atoms with Crippen molar-refractivity contribution in [3.8, 4) is 0 Å². The van der Waals surface area contributed by atoms with E-state index < -0.39 is 51.8 Å². The minimum Gasteiger partial charge on any atom is -0.479 e. The zero-order valence-corrected chi connectivity index (χ0v) is 17.7. The van der Waals surface area contributed by atoms with Gasteiger partial charge in [-0.05, 0) is 12.5 Å². The van der Waals surface area contributed by atoms with E-state index in [-0.39, 0.29) is 17.3 Å². The fraction of sp³-hybridized carbons (Fsp3) is 0.467. The van der Waals surface area contributed by atoms with Gasteiger partial charge < -0.3 is 20.4 Å². The van der Waals surface area contributed by atoms with Gasteiger partial charge in [-0.3, -0.25) is 25.2 Å². The van der Waals surface area contributed by atoms with Gasteiger partial charge in [-0.2, -0.15) is 0 Å². The first kappa shape index (κ1) is 22.4. The van der Waals surface area contributed by atoms with Crippen LogP contribution in [0.15, 0.2) is 21.4 Å². The van der Waals surface area contributed by atoms with Crippen molar-refractivity contribution >= 4 is 70.3 Å². The number of hydrogen-bond donors (Lipinski definition) is 4. The quantitative estimate of drug-likeness (QED) is 0.119. The van der Waals surface area contributed by atoms with Crippen molar-refractivity contribution in [2.75, 3.05) is 18.2 Å². The lowest BCUT2D eigenvalue weighted by molar-refractivity contribution is -0.150. The number of nitrogens with zero attached hydrogens (tertiary/aromatic N) is 3. The summed E-state index contributed by atoms with van der Waals surface area (Å²) in [6.07, 6.45) is 0. The van der Waals surface area contributed by atoms with Crippen LogP contribution in [0.4, 0.5) is 0 Å². The molecule has 0 saturated carbocycles. The first-order valence-corrected chi connectivity index (χ1v) is 10.7. The van der Waals surface area contributed by atoms with Crippen LogP contribution in [0, 0.1) is 0 Å². The number of nitrogens with one attached hydrogen (secondary N) is 1. The predicted octanol–water partition coefficient (Wildman–Crippen LogP) is -0.801. The second-order valence-electron chi connectivity index (χ2n) is 6.33. The summed E-state index contributed by atoms with van der Waals surface area (Å²) in [5, 5.41) is 23.4. The number of hydrogen-bond acceptors (Lipinski definition) is 10. The normalized spacial score (nSPS) is 28.5. The second-order valence-corrected chi connectivity index (χ2v) is 9.44. The molecule has 0 aromatic rings. The first-order chi connectivity index (χ1) is 14.0. The van der Waals surface area contributed by atoms with Crippen LogP contribution in [0.25, 0.3) is 0 Å². The number of alkyl halides is 1. The number of β-lactam (4-membered cyclic amide) rings is 1. The minimum atomic E-state index is -1.59. The third kappa shape index (κ3) is 4.12. The molecule has 0 spiro atoms. The lowest BCUT2D eigenvalue weighted by Gasteiger charge is -2.49. The number of thioether (sulfide) groups is 2. The average Bonchev–Trinajstić information content (AvgIpc) is 3.01. The van der Waals surface area contributed by atoms with Crippen molar-refractivity contribution in [3.63, 3.8) is 0 Å². The molecule has 0 aliphatic carbocycles. The lowest BCUT2D eigenvalue weighted by atomic mass is 10.0. The fourth-order valence-electron chi connectivity index (χ4n) is 2.93. The number of oxime groups is 1. The number of carbonyl (C=O) groups is 4. The summed E-state index contributed by atoms with van der Waals surface area (Å²) in [7, 11) is 0. The number of halogens is 1. The molecule has 5 N–H and O–H groups in total. The molecule has 1 fully saturated rings. The molecule has 0 bridgehead atoms. The molecule has 3 heterocycles. The molecule has 3 aliphatic heterocycles. The van der Waals surface area contributed by atoms with E-state index in [1.54, 1.807) is 6.92 Å². The number of carboxylic acids is 2. The van der Waals surface area contributed by atoms with E-state index in [1.807, 2.05) is 0 Å². The van der Waals surface area contributed by atoms with Gasteiger partial charge in [-0.1, -0.05) is 28.5 Å². The van der Waals surface area contributed by atoms with Crippen LogP contribution in [0.2, 0.25) is 0 Å². The van der Waals surface area contributed by atoms with Crippen molar-refractivity contribution in [1.82, 2.24) is 10.2 Å². The van der Waals surface area contributed by atoms with E-state index in [0.29, 0.717) is 11.3 Å². The van der Waals surface area contributed by atoms with Gasteiger partial charge in [0.25, 0.3) is 11.8 Å². The molecule has 0 aromatic heterocycles. The van der Waals surface area contributed by atoms with Crippen LogP contribution in [0.3, 0.4) is 0 Å². The molecule has 30 heavy (non-hydrogen) atoms. The van der Waals surface area contributed by atoms with Crippen molar-refractivity contribution in [2.45, 2.75) is 22.7 Å². The van der Waals surface area contributed by atoms with E-state index in [0.717, 1.165) is 16.7 Å². The SMILES string of the molecule is CC1=C(C(=O)O)N2C(=O)C(NC(=O)C(=NOCC(=O)O)C3=NCSC3(N)Cl)[C@H]2SC1. The third-order valence-electron chi connectivity index (χ3n) is 4.25. The molecule has 3 aliphatic rings. The number of fused-ring (bicyclic) bond motifs is 1. The van der Waals surface area contributed by atoms with Crippen molar-refractivity contribution < 1.29 is 34.2 Å². The number of aliphatic imine (C=N–C) groups is 1. The van der Waals surface area contributed by atoms with E-state index >= 15 is 0 Å². The maximum Gasteiger partial charge on any atom is 0.352 e. The van der Waals surface area contributed by atoms with Crippen molar-refractivity contribution in [1.29, 1.82) is 0 Å². The van der Waals surface area contributed by atoms with Crippen LogP contribution in [-0.4, -0.2) is 84.3 Å². The molecule has 3 atom stereocenters. The van der Waals surface area contributed by atoms with Gasteiger partial charge in [0.1, 0.15) is 22.8 Å². The monoisotopic (exact) mass is 477 g/mol. The summed E-state index contributed by atoms with van der Waals surface area (Å²) in [4.78, 5) is 57.3. The highest BCUT2D eigenvalue weighted by Gasteiger charge is 2.54. The molecule has 2 unspecified atom stereocenters. The molecular weight excluding hydrogens is 462 g/mol. The Morgan fingerprint density at radius 1 is 1.47 bits per heavy atom. The number of aliphatic carboxylic acids is 2. The van der Waals surface area contributed by atoms with Gasteiger partial charge >= 0.3 is 11.9 Å². The van der Waals surface area contributed by atoms with Crippen molar-refractivity contribution in [2.24, 2.45) is 15.9 Å². The van der Waals surface area contributed by atoms with Gasteiger partial charge in [0.2, 0.25) is 6.61 Å². The summed E-state index contributed by atoms with van der Waals surface area (Å²) in [6, 6.07) is -1.02. The zero-order valence-electron chi connectivity index (χ0n) is 15.3. The largest absolute Gasteiger partial charge is 0.479 e. The van der Waals surface area contributed by atoms with Crippen LogP contribution in [0.5, 0.6) is 0 Å². The Morgan fingerprint density at radius 3 is 2.73 bits per heavy atom. The van der Waals surface area contributed by atoms with Gasteiger partial charge in [0.15, 0.2) is 10.0 Å². The molecular formula is C15H16ClN5O7S2. The highest BCUT2D eigenvalue weighted by atomic mass is 35.5. The summed E-state index contributed by atoms with van der Waals surface area (Å²) >= 11 is 8.44. The first-order valence-electron chi connectivity index (χ1n) is 8.32. The minimum absolute atomic E-state index is 0.105. The van der Waals surface area contributed by atoms with E-state index in [1.165, 1.54) is 11.8 Å². The molecule has 3 rings (SSSR count). The third-order valence-corrected chi connectivity index (χ3v) is 7.05. The number of rotatable bonds is 7. The highest BCUT2D eigenvalue weighted by Crippen LogP contribution is 2.40. The Bertz CT molecular complexity index is 919. The van der Waals surface area contributed by atoms with Gasteiger partial charge in [0.05, 0.1) is 5.88 Å². The number of carboxylic acid groups (broad SMARTS) is 2. The second kappa shape index (κ2) is 8.45. The summed E-state index contributed by atoms with van der Waals surface area (Å²) in [5.41, 5.74) is 5.73. The van der Waals surface area contributed by atoms with E-state index in [2.05, 4.69) is 20.3 Å². The maximum atomic E-state index is 12.8. The standard InChI is InChI=1S/C15H16ClN5O7S2/c1-5-3-29-13-8(12(25)21(13)9(5)14(26)27)19-11(24)7(20-28-2-6(22)23)10-15(16,17)30-4-18-10/h8,13H,2-4,17H2,1H3,(H,19,24)(H,22,23)(H,26,27)/t8?,13-,15?/m1/s1. The summed E-state index contributed by atoms with van der Waals surface area (Å²) < 4.78 is -1.59. The Balaban J connectivity index is 1.79. The van der Waals surface area contributed by atoms with Crippen LogP contribution in [0.1, 0.15) is 6.92 Å². The Hall–Kier alpha value is -2.29. The smallest absolute Gasteiger partial charge is 0.352 e. The van der Waals surface area contributed by atoms with E-state index in [9.17, 15) is 24.3 Å². The Labute approximate surface area is 182 Å². The van der Waals surface area contributed by atoms with Crippen LogP contribution in [-0.2, 0) is 24.0 Å². The summed E-state index contributed by atoms with van der Waals surface area (Å²) in [6.45, 7) is 0.797.